The van der Waals surface area contributed by atoms with Gasteiger partial charge in [-0.1, -0.05) is 0 Å². The number of ether oxygens (including phenoxy) is 1. The molecule has 66 valence electrons. The molecule has 1 aromatic rings. The fourth-order valence-electron chi connectivity index (χ4n) is 0.940. The second kappa shape index (κ2) is 4.24. The molecule has 0 atom stereocenters. The fourth-order valence-corrected chi connectivity index (χ4v) is 0.940. The topological polar surface area (TPSA) is 74.6 Å². The van der Waals surface area contributed by atoms with Gasteiger partial charge in [-0.05, 0) is 0 Å². The Morgan fingerprint density at radius 2 is 2.31 bits per heavy atom. The molecule has 0 saturated carbocycles. The molecule has 0 N–H and O–H groups in total. The third-order valence-corrected chi connectivity index (χ3v) is 1.59. The first kappa shape index (κ1) is 9.24. The van der Waals surface area contributed by atoms with Crippen LogP contribution in [0.15, 0.2) is 6.33 Å². The van der Waals surface area contributed by atoms with E-state index in [1.54, 1.807) is 11.7 Å². The monoisotopic (exact) mass is 176 g/mol. The van der Waals surface area contributed by atoms with Crippen molar-refractivity contribution in [2.24, 2.45) is 0 Å². The average molecular weight is 176 g/mol. The van der Waals surface area contributed by atoms with Crippen molar-refractivity contribution in [3.63, 3.8) is 0 Å². The van der Waals surface area contributed by atoms with E-state index in [4.69, 9.17) is 15.3 Å². The molecule has 1 heterocycles. The Labute approximate surface area is 75.8 Å². The van der Waals surface area contributed by atoms with Crippen molar-refractivity contribution in [3.05, 3.63) is 17.7 Å². The second-order valence-corrected chi connectivity index (χ2v) is 2.35. The van der Waals surface area contributed by atoms with Crippen LogP contribution in [0, 0.1) is 22.7 Å². The summed E-state index contributed by atoms with van der Waals surface area (Å²) in [5.41, 5.74) is 0.457. The third kappa shape index (κ3) is 1.84. The summed E-state index contributed by atoms with van der Waals surface area (Å²) in [4.78, 5) is 3.78. The van der Waals surface area contributed by atoms with Crippen molar-refractivity contribution < 1.29 is 4.74 Å². The summed E-state index contributed by atoms with van der Waals surface area (Å²) in [5, 5.41) is 17.3. The lowest BCUT2D eigenvalue weighted by Crippen LogP contribution is -2.05. The van der Waals surface area contributed by atoms with E-state index in [9.17, 15) is 0 Å². The highest BCUT2D eigenvalue weighted by atomic mass is 16.5. The van der Waals surface area contributed by atoms with Gasteiger partial charge in [0.2, 0.25) is 0 Å². The van der Waals surface area contributed by atoms with Crippen LogP contribution in [0.1, 0.15) is 11.4 Å². The predicted octanol–water partition coefficient (Wildman–Crippen LogP) is 0.273. The molecule has 0 spiro atoms. The Hall–Kier alpha value is -1.85. The number of nitriles is 2. The zero-order chi connectivity index (χ0) is 9.68. The summed E-state index contributed by atoms with van der Waals surface area (Å²) in [6, 6.07) is 3.77. The van der Waals surface area contributed by atoms with Crippen LogP contribution in [-0.2, 0) is 11.3 Å². The number of aromatic nitrogens is 2. The van der Waals surface area contributed by atoms with E-state index in [2.05, 4.69) is 4.98 Å². The van der Waals surface area contributed by atoms with Crippen molar-refractivity contribution in [1.82, 2.24) is 9.55 Å². The first-order valence-electron chi connectivity index (χ1n) is 3.67. The highest BCUT2D eigenvalue weighted by Crippen LogP contribution is 2.04. The highest BCUT2D eigenvalue weighted by Gasteiger charge is 2.08. The summed E-state index contributed by atoms with van der Waals surface area (Å²) >= 11 is 0. The van der Waals surface area contributed by atoms with Gasteiger partial charge in [-0.3, -0.25) is 0 Å². The van der Waals surface area contributed by atoms with Gasteiger partial charge in [0.1, 0.15) is 12.1 Å². The highest BCUT2D eigenvalue weighted by molar-refractivity contribution is 5.35. The lowest BCUT2D eigenvalue weighted by molar-refractivity contribution is 0.187. The van der Waals surface area contributed by atoms with E-state index in [-0.39, 0.29) is 5.69 Å². The molecular formula is C8H8N4O. The third-order valence-electron chi connectivity index (χ3n) is 1.59. The van der Waals surface area contributed by atoms with Crippen LogP contribution < -0.4 is 0 Å². The molecule has 5 nitrogen and oxygen atoms in total. The maximum atomic E-state index is 8.72. The molecule has 0 aromatic carbocycles. The number of rotatable bonds is 3. The fraction of sp³-hybridized carbons (Fsp3) is 0.375. The van der Waals surface area contributed by atoms with Crippen LogP contribution in [0.3, 0.4) is 0 Å². The minimum absolute atomic E-state index is 0.165. The Morgan fingerprint density at radius 1 is 1.54 bits per heavy atom. The van der Waals surface area contributed by atoms with Crippen molar-refractivity contribution in [2.75, 3.05) is 13.7 Å². The van der Waals surface area contributed by atoms with Gasteiger partial charge in [-0.2, -0.15) is 10.5 Å². The van der Waals surface area contributed by atoms with E-state index in [1.165, 1.54) is 6.33 Å². The van der Waals surface area contributed by atoms with E-state index < -0.39 is 0 Å². The molecule has 0 unspecified atom stereocenters. The minimum Gasteiger partial charge on any atom is -0.383 e. The quantitative estimate of drug-likeness (QED) is 0.662. The average Bonchev–Trinajstić information content (AvgIpc) is 2.56. The first-order chi connectivity index (χ1) is 6.33. The van der Waals surface area contributed by atoms with E-state index in [0.29, 0.717) is 18.8 Å². The SMILES string of the molecule is COCCn1cnc(C#N)c1C#N. The molecule has 0 aliphatic carbocycles. The van der Waals surface area contributed by atoms with Gasteiger partial charge in [0, 0.05) is 13.7 Å². The summed E-state index contributed by atoms with van der Waals surface area (Å²) in [6.07, 6.45) is 1.47. The van der Waals surface area contributed by atoms with Crippen LogP contribution >= 0.6 is 0 Å². The molecule has 0 amide bonds. The molecule has 0 saturated heterocycles. The zero-order valence-electron chi connectivity index (χ0n) is 7.19. The molecule has 13 heavy (non-hydrogen) atoms. The van der Waals surface area contributed by atoms with Gasteiger partial charge in [0.15, 0.2) is 11.4 Å². The Morgan fingerprint density at radius 3 is 2.85 bits per heavy atom. The van der Waals surface area contributed by atoms with E-state index in [1.807, 2.05) is 12.1 Å². The lowest BCUT2D eigenvalue weighted by Gasteiger charge is -2.00. The van der Waals surface area contributed by atoms with Gasteiger partial charge in [0.25, 0.3) is 0 Å². The zero-order valence-corrected chi connectivity index (χ0v) is 7.19. The summed E-state index contributed by atoms with van der Waals surface area (Å²) < 4.78 is 6.45. The van der Waals surface area contributed by atoms with Crippen LogP contribution in [-0.4, -0.2) is 23.3 Å². The van der Waals surface area contributed by atoms with Gasteiger partial charge in [0.05, 0.1) is 12.9 Å². The predicted molar refractivity (Wildman–Crippen MR) is 43.5 cm³/mol. The number of imidazole rings is 1. The van der Waals surface area contributed by atoms with E-state index in [0.717, 1.165) is 0 Å². The molecule has 0 radical (unpaired) electrons. The summed E-state index contributed by atoms with van der Waals surface area (Å²) in [6.45, 7) is 1.03. The van der Waals surface area contributed by atoms with Crippen LogP contribution in [0.4, 0.5) is 0 Å². The van der Waals surface area contributed by atoms with Crippen molar-refractivity contribution in [2.45, 2.75) is 6.54 Å². The largest absolute Gasteiger partial charge is 0.383 e. The van der Waals surface area contributed by atoms with Crippen molar-refractivity contribution >= 4 is 0 Å². The molecule has 0 aliphatic rings. The number of nitrogens with zero attached hydrogens (tertiary/aromatic N) is 4. The normalized spacial score (nSPS) is 9.15. The molecule has 0 bridgehead atoms. The van der Waals surface area contributed by atoms with Crippen molar-refractivity contribution in [1.29, 1.82) is 10.5 Å². The Kier molecular flexibility index (Phi) is 3.02. The van der Waals surface area contributed by atoms with Crippen molar-refractivity contribution in [3.8, 4) is 12.1 Å². The van der Waals surface area contributed by atoms with Gasteiger partial charge < -0.3 is 9.30 Å². The van der Waals surface area contributed by atoms with Crippen LogP contribution in [0.25, 0.3) is 0 Å². The lowest BCUT2D eigenvalue weighted by atomic mass is 10.3. The number of hydrogen-bond acceptors (Lipinski definition) is 4. The maximum Gasteiger partial charge on any atom is 0.176 e. The second-order valence-electron chi connectivity index (χ2n) is 2.35. The first-order valence-corrected chi connectivity index (χ1v) is 3.67. The smallest absolute Gasteiger partial charge is 0.176 e. The van der Waals surface area contributed by atoms with E-state index >= 15 is 0 Å². The molecular weight excluding hydrogens is 168 g/mol. The number of hydrogen-bond donors (Lipinski definition) is 0. The number of methoxy groups -OCH3 is 1. The molecule has 1 aromatic heterocycles. The molecule has 5 heteroatoms. The minimum atomic E-state index is 0.165. The van der Waals surface area contributed by atoms with Gasteiger partial charge in [-0.15, -0.1) is 0 Å². The molecule has 0 fully saturated rings. The molecule has 0 aliphatic heterocycles. The van der Waals surface area contributed by atoms with Gasteiger partial charge in [-0.25, -0.2) is 4.98 Å². The summed E-state index contributed by atoms with van der Waals surface area (Å²) in [5.74, 6) is 0. The maximum absolute atomic E-state index is 8.72. The standard InChI is InChI=1S/C8H8N4O/c1-13-3-2-12-6-11-7(4-9)8(12)5-10/h6H,2-3H2,1H3. The van der Waals surface area contributed by atoms with Crippen LogP contribution in [0.5, 0.6) is 0 Å². The van der Waals surface area contributed by atoms with Gasteiger partial charge >= 0.3 is 0 Å². The molecule has 1 rings (SSSR count). The van der Waals surface area contributed by atoms with Crippen LogP contribution in [0.2, 0.25) is 0 Å². The summed E-state index contributed by atoms with van der Waals surface area (Å²) in [7, 11) is 1.58. The Bertz CT molecular complexity index is 368. The Balaban J connectivity index is 2.91.